The second-order valence-electron chi connectivity index (χ2n) is 6.23. The molecule has 0 unspecified atom stereocenters. The van der Waals surface area contributed by atoms with E-state index in [1.807, 2.05) is 25.1 Å². The van der Waals surface area contributed by atoms with Crippen molar-refractivity contribution in [1.82, 2.24) is 18.7 Å². The van der Waals surface area contributed by atoms with E-state index in [0.717, 1.165) is 4.57 Å². The molecule has 3 aromatic rings. The zero-order valence-electron chi connectivity index (χ0n) is 15.5. The minimum absolute atomic E-state index is 0.0569. The number of hydrogen-bond donors (Lipinski definition) is 2. The third-order valence-electron chi connectivity index (χ3n) is 4.26. The van der Waals surface area contributed by atoms with E-state index in [0.29, 0.717) is 18.2 Å². The highest BCUT2D eigenvalue weighted by Crippen LogP contribution is 2.17. The second-order valence-corrected chi connectivity index (χ2v) is 6.23. The Morgan fingerprint density at radius 3 is 2.56 bits per heavy atom. The van der Waals surface area contributed by atoms with Gasteiger partial charge in [-0.15, -0.1) is 0 Å². The minimum Gasteiger partial charge on any atom is -0.491 e. The molecule has 1 aromatic carbocycles. The fourth-order valence-corrected chi connectivity index (χ4v) is 2.89. The molecule has 9 nitrogen and oxygen atoms in total. The maximum absolute atomic E-state index is 12.6. The number of aliphatic hydroxyl groups is 1. The van der Waals surface area contributed by atoms with Crippen LogP contribution in [0.4, 0.5) is 5.95 Å². The molecule has 0 fully saturated rings. The number of hydrogen-bond acceptors (Lipinski definition) is 6. The number of imidazole rings is 1. The first-order valence-electron chi connectivity index (χ1n) is 8.70. The number of ether oxygens (including phenoxy) is 1. The SMILES string of the molecule is CCNc1nc2c(c(=O)n(C)c(=O)n2C)n1C[C@@H](O)COc1ccccc1. The first kappa shape index (κ1) is 18.7. The number of rotatable bonds is 7. The summed E-state index contributed by atoms with van der Waals surface area (Å²) < 4.78 is 9.53. The Hall–Kier alpha value is -3.07. The highest BCUT2D eigenvalue weighted by molar-refractivity contribution is 5.74. The molecule has 0 aliphatic carbocycles. The van der Waals surface area contributed by atoms with E-state index < -0.39 is 17.4 Å². The van der Waals surface area contributed by atoms with Gasteiger partial charge < -0.3 is 19.7 Å². The van der Waals surface area contributed by atoms with Crippen LogP contribution in [-0.4, -0.2) is 43.0 Å². The largest absolute Gasteiger partial charge is 0.491 e. The molecule has 2 aromatic heterocycles. The average Bonchev–Trinajstić information content (AvgIpc) is 3.02. The standard InChI is InChI=1S/C18H23N5O4/c1-4-19-17-20-15-14(16(25)22(3)18(26)21(15)2)23(17)10-12(24)11-27-13-8-6-5-7-9-13/h5-9,12,24H,4,10-11H2,1-3H3,(H,19,20)/t12-/m1/s1. The van der Waals surface area contributed by atoms with Crippen LogP contribution in [0.2, 0.25) is 0 Å². The fraction of sp³-hybridized carbons (Fsp3) is 0.389. The summed E-state index contributed by atoms with van der Waals surface area (Å²) in [6.45, 7) is 2.63. The van der Waals surface area contributed by atoms with Crippen LogP contribution in [0.1, 0.15) is 6.92 Å². The number of nitrogens with one attached hydrogen (secondary N) is 1. The number of aromatic nitrogens is 4. The predicted molar refractivity (Wildman–Crippen MR) is 102 cm³/mol. The highest BCUT2D eigenvalue weighted by Gasteiger charge is 2.20. The van der Waals surface area contributed by atoms with Crippen LogP contribution >= 0.6 is 0 Å². The molecule has 0 saturated heterocycles. The van der Waals surface area contributed by atoms with E-state index in [2.05, 4.69) is 10.3 Å². The molecule has 144 valence electrons. The van der Waals surface area contributed by atoms with Gasteiger partial charge in [0.25, 0.3) is 5.56 Å². The highest BCUT2D eigenvalue weighted by atomic mass is 16.5. The lowest BCUT2D eigenvalue weighted by Crippen LogP contribution is -2.38. The van der Waals surface area contributed by atoms with E-state index in [9.17, 15) is 14.7 Å². The fourth-order valence-electron chi connectivity index (χ4n) is 2.89. The Morgan fingerprint density at radius 1 is 1.19 bits per heavy atom. The first-order chi connectivity index (χ1) is 12.9. The Labute approximate surface area is 155 Å². The zero-order valence-corrected chi connectivity index (χ0v) is 15.5. The summed E-state index contributed by atoms with van der Waals surface area (Å²) >= 11 is 0. The van der Waals surface area contributed by atoms with E-state index in [1.165, 1.54) is 11.6 Å². The molecule has 2 heterocycles. The summed E-state index contributed by atoms with van der Waals surface area (Å²) in [5, 5.41) is 13.5. The van der Waals surface area contributed by atoms with Crippen LogP contribution in [-0.2, 0) is 20.6 Å². The lowest BCUT2D eigenvalue weighted by Gasteiger charge is -2.15. The Balaban J connectivity index is 1.95. The van der Waals surface area contributed by atoms with Crippen molar-refractivity contribution >= 4 is 17.1 Å². The topological polar surface area (TPSA) is 103 Å². The average molecular weight is 373 g/mol. The quantitative estimate of drug-likeness (QED) is 0.618. The number of nitrogens with zero attached hydrogens (tertiary/aromatic N) is 4. The summed E-state index contributed by atoms with van der Waals surface area (Å²) in [7, 11) is 2.98. The van der Waals surface area contributed by atoms with Crippen molar-refractivity contribution in [1.29, 1.82) is 0 Å². The Bertz CT molecular complexity index is 1050. The maximum atomic E-state index is 12.6. The maximum Gasteiger partial charge on any atom is 0.332 e. The Kier molecular flexibility index (Phi) is 5.31. The van der Waals surface area contributed by atoms with Gasteiger partial charge in [-0.25, -0.2) is 4.79 Å². The molecular formula is C18H23N5O4. The van der Waals surface area contributed by atoms with E-state index in [1.54, 1.807) is 23.7 Å². The van der Waals surface area contributed by atoms with Crippen LogP contribution in [0.3, 0.4) is 0 Å². The van der Waals surface area contributed by atoms with Gasteiger partial charge in [0.1, 0.15) is 18.5 Å². The summed E-state index contributed by atoms with van der Waals surface area (Å²) in [5.41, 5.74) is -0.376. The van der Waals surface area contributed by atoms with Crippen LogP contribution in [0, 0.1) is 0 Å². The third kappa shape index (κ3) is 3.59. The van der Waals surface area contributed by atoms with Crippen LogP contribution in [0.25, 0.3) is 11.2 Å². The van der Waals surface area contributed by atoms with Gasteiger partial charge >= 0.3 is 5.69 Å². The van der Waals surface area contributed by atoms with Gasteiger partial charge in [0.15, 0.2) is 11.2 Å². The molecule has 9 heteroatoms. The van der Waals surface area contributed by atoms with E-state index >= 15 is 0 Å². The van der Waals surface area contributed by atoms with Crippen molar-refractivity contribution in [3.05, 3.63) is 51.2 Å². The Morgan fingerprint density at radius 2 is 1.89 bits per heavy atom. The molecule has 0 aliphatic heterocycles. The number of anilines is 1. The van der Waals surface area contributed by atoms with Crippen molar-refractivity contribution in [2.75, 3.05) is 18.5 Å². The number of fused-ring (bicyclic) bond motifs is 1. The second kappa shape index (κ2) is 7.67. The van der Waals surface area contributed by atoms with Gasteiger partial charge in [-0.2, -0.15) is 4.98 Å². The number of benzene rings is 1. The molecule has 27 heavy (non-hydrogen) atoms. The molecule has 0 aliphatic rings. The smallest absolute Gasteiger partial charge is 0.332 e. The molecular weight excluding hydrogens is 350 g/mol. The predicted octanol–water partition coefficient (Wildman–Crippen LogP) is 0.305. The van der Waals surface area contributed by atoms with Crippen molar-refractivity contribution in [3.63, 3.8) is 0 Å². The third-order valence-corrected chi connectivity index (χ3v) is 4.26. The summed E-state index contributed by atoms with van der Waals surface area (Å²) in [6, 6.07) is 9.17. The number of aryl methyl sites for hydroxylation is 1. The minimum atomic E-state index is -0.873. The van der Waals surface area contributed by atoms with Gasteiger partial charge in [-0.3, -0.25) is 13.9 Å². The molecule has 3 rings (SSSR count). The number of para-hydroxylation sites is 1. The summed E-state index contributed by atoms with van der Waals surface area (Å²) in [6.07, 6.45) is -0.873. The monoisotopic (exact) mass is 373 g/mol. The van der Waals surface area contributed by atoms with Gasteiger partial charge in [-0.05, 0) is 19.1 Å². The van der Waals surface area contributed by atoms with Gasteiger partial charge in [0.05, 0.1) is 6.54 Å². The zero-order chi connectivity index (χ0) is 19.6. The number of aliphatic hydroxyl groups excluding tert-OH is 1. The van der Waals surface area contributed by atoms with Gasteiger partial charge in [0, 0.05) is 20.6 Å². The molecule has 2 N–H and O–H groups in total. The molecule has 0 amide bonds. The van der Waals surface area contributed by atoms with Crippen LogP contribution in [0.5, 0.6) is 5.75 Å². The van der Waals surface area contributed by atoms with Crippen molar-refractivity contribution in [2.24, 2.45) is 14.1 Å². The van der Waals surface area contributed by atoms with E-state index in [4.69, 9.17) is 4.74 Å². The molecule has 0 saturated carbocycles. The molecule has 0 spiro atoms. The first-order valence-corrected chi connectivity index (χ1v) is 8.70. The van der Waals surface area contributed by atoms with Gasteiger partial charge in [0.2, 0.25) is 5.95 Å². The normalized spacial score (nSPS) is 12.3. The van der Waals surface area contributed by atoms with Crippen LogP contribution in [0.15, 0.2) is 39.9 Å². The van der Waals surface area contributed by atoms with Crippen LogP contribution < -0.4 is 21.3 Å². The molecule has 1 atom stereocenters. The van der Waals surface area contributed by atoms with Gasteiger partial charge in [-0.1, -0.05) is 18.2 Å². The lowest BCUT2D eigenvalue weighted by atomic mass is 10.3. The van der Waals surface area contributed by atoms with Crippen molar-refractivity contribution in [2.45, 2.75) is 19.6 Å². The summed E-state index contributed by atoms with van der Waals surface area (Å²) in [5.74, 6) is 1.07. The lowest BCUT2D eigenvalue weighted by molar-refractivity contribution is 0.0938. The summed E-state index contributed by atoms with van der Waals surface area (Å²) in [4.78, 5) is 29.2. The van der Waals surface area contributed by atoms with E-state index in [-0.39, 0.29) is 24.3 Å². The molecule has 0 radical (unpaired) electrons. The molecule has 0 bridgehead atoms. The van der Waals surface area contributed by atoms with Crippen molar-refractivity contribution in [3.8, 4) is 5.75 Å². The van der Waals surface area contributed by atoms with Crippen molar-refractivity contribution < 1.29 is 9.84 Å².